The van der Waals surface area contributed by atoms with Gasteiger partial charge in [-0.3, -0.25) is 4.98 Å². The van der Waals surface area contributed by atoms with Gasteiger partial charge in [-0.25, -0.2) is 15.0 Å². The normalized spacial score (nSPS) is 18.0. The van der Waals surface area contributed by atoms with Crippen LogP contribution in [0, 0.1) is 0 Å². The van der Waals surface area contributed by atoms with Crippen molar-refractivity contribution in [3.8, 4) is 33.9 Å². The Morgan fingerprint density at radius 2 is 1.24 bits per heavy atom. The van der Waals surface area contributed by atoms with Crippen molar-refractivity contribution in [3.63, 3.8) is 0 Å². The molecule has 2 aliphatic carbocycles. The highest BCUT2D eigenvalue weighted by atomic mass is 15.2. The Balaban J connectivity index is 0.945. The first-order chi connectivity index (χ1) is 29.3. The summed E-state index contributed by atoms with van der Waals surface area (Å²) in [5.41, 5.74) is 12.9. The summed E-state index contributed by atoms with van der Waals surface area (Å²) in [5.74, 6) is 2.48. The SMILES string of the molecule is C1=CC2C(C(c3ccc(-c4ccc(-c5nc(C6=CCC(c7cccnc7)C=C6)nc(-c6ccccc6)n5)c5ccccc45)cc3)=C1)c1ccccc1N2c1ccccc1. The molecule has 5 heteroatoms. The Morgan fingerprint density at radius 3 is 2.02 bits per heavy atom. The molecule has 0 N–H and O–H groups in total. The van der Waals surface area contributed by atoms with E-state index in [0.29, 0.717) is 17.5 Å². The molecular weight excluding hydrogens is 719 g/mol. The quantitative estimate of drug-likeness (QED) is 0.162. The molecule has 0 spiro atoms. The van der Waals surface area contributed by atoms with Gasteiger partial charge in [-0.15, -0.1) is 0 Å². The Labute approximate surface area is 344 Å². The van der Waals surface area contributed by atoms with E-state index in [9.17, 15) is 0 Å². The highest BCUT2D eigenvalue weighted by Gasteiger charge is 2.41. The van der Waals surface area contributed by atoms with Gasteiger partial charge in [-0.1, -0.05) is 164 Å². The second-order valence-electron chi connectivity index (χ2n) is 15.3. The predicted molar refractivity (Wildman–Crippen MR) is 241 cm³/mol. The number of fused-ring (bicyclic) bond motifs is 4. The molecule has 0 radical (unpaired) electrons. The van der Waals surface area contributed by atoms with Crippen LogP contribution in [0.3, 0.4) is 0 Å². The first-order valence-electron chi connectivity index (χ1n) is 20.3. The fraction of sp³-hybridized carbons (Fsp3) is 0.0741. The van der Waals surface area contributed by atoms with Crippen LogP contribution < -0.4 is 4.90 Å². The number of para-hydroxylation sites is 2. The number of aromatic nitrogens is 4. The fourth-order valence-corrected chi connectivity index (χ4v) is 9.12. The van der Waals surface area contributed by atoms with Crippen LogP contribution in [0.1, 0.15) is 40.8 Å². The van der Waals surface area contributed by atoms with E-state index >= 15 is 0 Å². The van der Waals surface area contributed by atoms with Crippen molar-refractivity contribution >= 4 is 33.3 Å². The lowest BCUT2D eigenvalue weighted by molar-refractivity contribution is 0.759. The Morgan fingerprint density at radius 1 is 0.542 bits per heavy atom. The van der Waals surface area contributed by atoms with Crippen molar-refractivity contribution in [2.24, 2.45) is 0 Å². The van der Waals surface area contributed by atoms with Crippen LogP contribution in [-0.2, 0) is 0 Å². The summed E-state index contributed by atoms with van der Waals surface area (Å²) in [7, 11) is 0. The topological polar surface area (TPSA) is 54.8 Å². The third kappa shape index (κ3) is 6.28. The molecule has 3 heterocycles. The van der Waals surface area contributed by atoms with Crippen molar-refractivity contribution in [2.75, 3.05) is 4.90 Å². The highest BCUT2D eigenvalue weighted by molar-refractivity contribution is 6.04. The van der Waals surface area contributed by atoms with Crippen molar-refractivity contribution in [1.29, 1.82) is 0 Å². The third-order valence-electron chi connectivity index (χ3n) is 12.0. The predicted octanol–water partition coefficient (Wildman–Crippen LogP) is 12.8. The summed E-state index contributed by atoms with van der Waals surface area (Å²) in [4.78, 5) is 22.1. The molecule has 0 bridgehead atoms. The minimum Gasteiger partial charge on any atom is -0.333 e. The molecular formula is C54H39N5. The molecule has 0 saturated carbocycles. The van der Waals surface area contributed by atoms with Crippen LogP contribution in [0.5, 0.6) is 0 Å². The average molecular weight is 758 g/mol. The van der Waals surface area contributed by atoms with Gasteiger partial charge < -0.3 is 4.90 Å². The van der Waals surface area contributed by atoms with E-state index in [-0.39, 0.29) is 17.9 Å². The zero-order valence-electron chi connectivity index (χ0n) is 32.3. The Hall–Kier alpha value is -7.50. The molecule has 3 aliphatic rings. The summed E-state index contributed by atoms with van der Waals surface area (Å²) in [6.07, 6.45) is 18.1. The maximum atomic E-state index is 5.16. The minimum atomic E-state index is 0.207. The average Bonchev–Trinajstić information content (AvgIpc) is 3.67. The van der Waals surface area contributed by atoms with Gasteiger partial charge in [0, 0.05) is 52.3 Å². The fourth-order valence-electron chi connectivity index (χ4n) is 9.12. The van der Waals surface area contributed by atoms with E-state index in [1.807, 2.05) is 36.7 Å². The molecule has 0 fully saturated rings. The van der Waals surface area contributed by atoms with E-state index in [4.69, 9.17) is 15.0 Å². The van der Waals surface area contributed by atoms with Crippen LogP contribution in [0.15, 0.2) is 207 Å². The molecule has 8 aromatic rings. The minimum absolute atomic E-state index is 0.207. The summed E-state index contributed by atoms with van der Waals surface area (Å²) in [6, 6.07) is 56.3. The molecule has 3 atom stereocenters. The van der Waals surface area contributed by atoms with Gasteiger partial charge in [0.2, 0.25) is 0 Å². The number of allylic oxidation sites excluding steroid dienone is 6. The van der Waals surface area contributed by atoms with Gasteiger partial charge >= 0.3 is 0 Å². The second-order valence-corrected chi connectivity index (χ2v) is 15.3. The highest BCUT2D eigenvalue weighted by Crippen LogP contribution is 2.52. The van der Waals surface area contributed by atoms with Crippen LogP contribution in [-0.4, -0.2) is 26.0 Å². The van der Waals surface area contributed by atoms with Gasteiger partial charge in [0.1, 0.15) is 0 Å². The molecule has 1 aliphatic heterocycles. The molecule has 6 aromatic carbocycles. The van der Waals surface area contributed by atoms with Crippen molar-refractivity contribution in [3.05, 3.63) is 229 Å². The van der Waals surface area contributed by atoms with Gasteiger partial charge in [0.25, 0.3) is 0 Å². The number of rotatable bonds is 7. The Bertz CT molecular complexity index is 2970. The molecule has 2 aromatic heterocycles. The van der Waals surface area contributed by atoms with E-state index in [1.54, 1.807) is 0 Å². The van der Waals surface area contributed by atoms with E-state index in [2.05, 4.69) is 180 Å². The van der Waals surface area contributed by atoms with Crippen LogP contribution in [0.2, 0.25) is 0 Å². The lowest BCUT2D eigenvalue weighted by atomic mass is 9.80. The summed E-state index contributed by atoms with van der Waals surface area (Å²) in [5, 5.41) is 2.25. The standard InChI is InChI=1S/C54H39N5/c1-3-13-39(14-4-1)52-56-53(40-30-24-36(25-31-40)41-15-12-34-55-35-41)58-54(57-52)47-33-32-43(45-18-7-8-19-46(45)47)37-26-28-38(29-27-37)44-21-11-23-50-51(44)48-20-9-10-22-49(48)59(50)42-16-5-2-6-17-42/h1-24,26-36,50-51H,25H2. The first kappa shape index (κ1) is 34.7. The van der Waals surface area contributed by atoms with Gasteiger partial charge in [-0.2, -0.15) is 0 Å². The smallest absolute Gasteiger partial charge is 0.164 e. The maximum absolute atomic E-state index is 5.16. The number of hydrogen-bond donors (Lipinski definition) is 0. The first-order valence-corrected chi connectivity index (χ1v) is 20.3. The van der Waals surface area contributed by atoms with E-state index in [1.165, 1.54) is 44.8 Å². The third-order valence-corrected chi connectivity index (χ3v) is 12.0. The number of anilines is 2. The van der Waals surface area contributed by atoms with Crippen molar-refractivity contribution < 1.29 is 0 Å². The number of pyridine rings is 1. The summed E-state index contributed by atoms with van der Waals surface area (Å²) >= 11 is 0. The lowest BCUT2D eigenvalue weighted by Crippen LogP contribution is -2.29. The zero-order valence-corrected chi connectivity index (χ0v) is 32.3. The molecule has 280 valence electrons. The molecule has 0 amide bonds. The molecule has 11 rings (SSSR count). The summed E-state index contributed by atoms with van der Waals surface area (Å²) in [6.45, 7) is 0. The number of benzene rings is 6. The Kier molecular flexibility index (Phi) is 8.70. The number of nitrogens with zero attached hydrogens (tertiary/aromatic N) is 5. The zero-order chi connectivity index (χ0) is 39.1. The molecule has 3 unspecified atom stereocenters. The largest absolute Gasteiger partial charge is 0.333 e. The van der Waals surface area contributed by atoms with Gasteiger partial charge in [0.05, 0.1) is 6.04 Å². The maximum Gasteiger partial charge on any atom is 0.164 e. The lowest BCUT2D eigenvalue weighted by Gasteiger charge is -2.31. The van der Waals surface area contributed by atoms with Crippen molar-refractivity contribution in [2.45, 2.75) is 24.3 Å². The van der Waals surface area contributed by atoms with Crippen molar-refractivity contribution in [1.82, 2.24) is 19.9 Å². The molecule has 5 nitrogen and oxygen atoms in total. The van der Waals surface area contributed by atoms with Crippen LogP contribution in [0.25, 0.3) is 55.8 Å². The monoisotopic (exact) mass is 757 g/mol. The van der Waals surface area contributed by atoms with Gasteiger partial charge in [0.15, 0.2) is 17.5 Å². The van der Waals surface area contributed by atoms with Crippen LogP contribution in [0.4, 0.5) is 11.4 Å². The molecule has 0 saturated heterocycles. The van der Waals surface area contributed by atoms with E-state index < -0.39 is 0 Å². The molecule has 59 heavy (non-hydrogen) atoms. The van der Waals surface area contributed by atoms with E-state index in [0.717, 1.165) is 33.9 Å². The van der Waals surface area contributed by atoms with Crippen LogP contribution >= 0.6 is 0 Å². The number of hydrogen-bond acceptors (Lipinski definition) is 5. The summed E-state index contributed by atoms with van der Waals surface area (Å²) < 4.78 is 0. The second kappa shape index (κ2) is 14.8. The van der Waals surface area contributed by atoms with Gasteiger partial charge in [-0.05, 0) is 80.9 Å².